The standard InChI is InChI=1S/C10H10ClF4N/c11-8-4-6(1-2-9(8)12)3-7(16)5-10(13,14)15/h1-2,4,7H,3,5,16H2. The summed E-state index contributed by atoms with van der Waals surface area (Å²) in [7, 11) is 0. The van der Waals surface area contributed by atoms with Crippen molar-refractivity contribution in [3.8, 4) is 0 Å². The summed E-state index contributed by atoms with van der Waals surface area (Å²) in [5, 5.41) is -0.114. The third kappa shape index (κ3) is 4.37. The largest absolute Gasteiger partial charge is 0.390 e. The predicted octanol–water partition coefficient (Wildman–Crippen LogP) is 3.30. The minimum Gasteiger partial charge on any atom is -0.327 e. The highest BCUT2D eigenvalue weighted by Crippen LogP contribution is 2.23. The van der Waals surface area contributed by atoms with E-state index in [0.29, 0.717) is 5.56 Å². The molecule has 0 spiro atoms. The van der Waals surface area contributed by atoms with Gasteiger partial charge in [0.2, 0.25) is 0 Å². The molecule has 1 rings (SSSR count). The van der Waals surface area contributed by atoms with Crippen molar-refractivity contribution in [3.05, 3.63) is 34.6 Å². The third-order valence-electron chi connectivity index (χ3n) is 1.98. The highest BCUT2D eigenvalue weighted by molar-refractivity contribution is 6.30. The van der Waals surface area contributed by atoms with Crippen molar-refractivity contribution in [2.24, 2.45) is 5.73 Å². The molecular formula is C10H10ClF4N. The Bertz CT molecular complexity index is 364. The first-order chi connectivity index (χ1) is 7.28. The second kappa shape index (κ2) is 5.01. The molecule has 0 fully saturated rings. The van der Waals surface area contributed by atoms with E-state index in [1.54, 1.807) is 0 Å². The molecule has 0 amide bonds. The van der Waals surface area contributed by atoms with E-state index in [1.165, 1.54) is 12.1 Å². The Morgan fingerprint density at radius 2 is 1.94 bits per heavy atom. The molecule has 0 aliphatic carbocycles. The SMILES string of the molecule is NC(Cc1ccc(F)c(Cl)c1)CC(F)(F)F. The number of alkyl halides is 3. The van der Waals surface area contributed by atoms with Gasteiger partial charge in [0.25, 0.3) is 0 Å². The van der Waals surface area contributed by atoms with Crippen LogP contribution in [-0.4, -0.2) is 12.2 Å². The molecule has 0 aliphatic heterocycles. The van der Waals surface area contributed by atoms with Gasteiger partial charge in [0.15, 0.2) is 0 Å². The van der Waals surface area contributed by atoms with Gasteiger partial charge in [0.1, 0.15) is 5.82 Å². The minimum absolute atomic E-state index is 0.0134. The van der Waals surface area contributed by atoms with Crippen molar-refractivity contribution in [2.75, 3.05) is 0 Å². The molecule has 90 valence electrons. The Hall–Kier alpha value is -0.810. The zero-order valence-electron chi connectivity index (χ0n) is 8.19. The quantitative estimate of drug-likeness (QED) is 0.824. The fourth-order valence-electron chi connectivity index (χ4n) is 1.34. The molecule has 1 unspecified atom stereocenters. The van der Waals surface area contributed by atoms with Gasteiger partial charge < -0.3 is 5.73 Å². The second-order valence-corrected chi connectivity index (χ2v) is 3.94. The van der Waals surface area contributed by atoms with E-state index in [1.807, 2.05) is 0 Å². The molecule has 6 heteroatoms. The van der Waals surface area contributed by atoms with Crippen LogP contribution < -0.4 is 5.73 Å². The minimum atomic E-state index is -4.29. The number of halogens is 5. The Kier molecular flexibility index (Phi) is 4.15. The number of rotatable bonds is 3. The zero-order chi connectivity index (χ0) is 12.3. The van der Waals surface area contributed by atoms with Gasteiger partial charge in [-0.15, -0.1) is 0 Å². The van der Waals surface area contributed by atoms with Crippen molar-refractivity contribution < 1.29 is 17.6 Å². The smallest absolute Gasteiger partial charge is 0.327 e. The van der Waals surface area contributed by atoms with Crippen LogP contribution in [0.4, 0.5) is 17.6 Å². The molecule has 0 bridgehead atoms. The van der Waals surface area contributed by atoms with Crippen LogP contribution >= 0.6 is 11.6 Å². The molecule has 1 aromatic carbocycles. The molecular weight excluding hydrogens is 246 g/mol. The van der Waals surface area contributed by atoms with Crippen LogP contribution in [0.3, 0.4) is 0 Å². The van der Waals surface area contributed by atoms with Crippen LogP contribution in [0.15, 0.2) is 18.2 Å². The molecule has 0 saturated heterocycles. The Morgan fingerprint density at radius 1 is 1.31 bits per heavy atom. The van der Waals surface area contributed by atoms with Crippen molar-refractivity contribution in [2.45, 2.75) is 25.1 Å². The van der Waals surface area contributed by atoms with Crippen LogP contribution in [0, 0.1) is 5.82 Å². The summed E-state index contributed by atoms with van der Waals surface area (Å²) < 4.78 is 48.7. The summed E-state index contributed by atoms with van der Waals surface area (Å²) >= 11 is 5.49. The zero-order valence-corrected chi connectivity index (χ0v) is 8.95. The van der Waals surface area contributed by atoms with Gasteiger partial charge in [-0.1, -0.05) is 17.7 Å². The van der Waals surface area contributed by atoms with E-state index >= 15 is 0 Å². The van der Waals surface area contributed by atoms with Gasteiger partial charge >= 0.3 is 6.18 Å². The van der Waals surface area contributed by atoms with E-state index in [4.69, 9.17) is 17.3 Å². The van der Waals surface area contributed by atoms with Crippen molar-refractivity contribution >= 4 is 11.6 Å². The lowest BCUT2D eigenvalue weighted by molar-refractivity contribution is -0.138. The maximum atomic E-state index is 12.8. The van der Waals surface area contributed by atoms with Crippen molar-refractivity contribution in [1.29, 1.82) is 0 Å². The lowest BCUT2D eigenvalue weighted by atomic mass is 10.0. The van der Waals surface area contributed by atoms with Gasteiger partial charge in [0.05, 0.1) is 11.4 Å². The number of benzene rings is 1. The third-order valence-corrected chi connectivity index (χ3v) is 2.27. The molecule has 2 N–H and O–H groups in total. The van der Waals surface area contributed by atoms with Crippen molar-refractivity contribution in [1.82, 2.24) is 0 Å². The van der Waals surface area contributed by atoms with Crippen LogP contribution in [0.2, 0.25) is 5.02 Å². The molecule has 0 saturated carbocycles. The van der Waals surface area contributed by atoms with Gasteiger partial charge in [0, 0.05) is 6.04 Å². The van der Waals surface area contributed by atoms with Gasteiger partial charge in [-0.25, -0.2) is 4.39 Å². The summed E-state index contributed by atoms with van der Waals surface area (Å²) in [5.74, 6) is -0.602. The van der Waals surface area contributed by atoms with E-state index < -0.39 is 24.5 Å². The molecule has 1 nitrogen and oxygen atoms in total. The summed E-state index contributed by atoms with van der Waals surface area (Å²) in [6.45, 7) is 0. The predicted molar refractivity (Wildman–Crippen MR) is 53.8 cm³/mol. The topological polar surface area (TPSA) is 26.0 Å². The highest BCUT2D eigenvalue weighted by atomic mass is 35.5. The first kappa shape index (κ1) is 13.3. The Morgan fingerprint density at radius 3 is 2.44 bits per heavy atom. The van der Waals surface area contributed by atoms with E-state index in [2.05, 4.69) is 0 Å². The molecule has 0 radical (unpaired) electrons. The fraction of sp³-hybridized carbons (Fsp3) is 0.400. The van der Waals surface area contributed by atoms with Gasteiger partial charge in [-0.3, -0.25) is 0 Å². The highest BCUT2D eigenvalue weighted by Gasteiger charge is 2.30. The fourth-order valence-corrected chi connectivity index (χ4v) is 1.54. The maximum absolute atomic E-state index is 12.8. The number of nitrogens with two attached hydrogens (primary N) is 1. The van der Waals surface area contributed by atoms with Gasteiger partial charge in [-0.05, 0) is 24.1 Å². The number of hydrogen-bond acceptors (Lipinski definition) is 1. The Labute approximate surface area is 95.2 Å². The van der Waals surface area contributed by atoms with E-state index in [9.17, 15) is 17.6 Å². The lowest BCUT2D eigenvalue weighted by Gasteiger charge is -2.14. The maximum Gasteiger partial charge on any atom is 0.390 e. The molecule has 0 heterocycles. The Balaban J connectivity index is 2.63. The van der Waals surface area contributed by atoms with Crippen LogP contribution in [0.5, 0.6) is 0 Å². The number of hydrogen-bond donors (Lipinski definition) is 1. The normalized spacial score (nSPS) is 13.9. The van der Waals surface area contributed by atoms with E-state index in [-0.39, 0.29) is 11.4 Å². The molecule has 0 aromatic heterocycles. The summed E-state index contributed by atoms with van der Waals surface area (Å²) in [4.78, 5) is 0. The average Bonchev–Trinajstić information content (AvgIpc) is 2.08. The van der Waals surface area contributed by atoms with Crippen molar-refractivity contribution in [3.63, 3.8) is 0 Å². The first-order valence-corrected chi connectivity index (χ1v) is 4.92. The lowest BCUT2D eigenvalue weighted by Crippen LogP contribution is -2.29. The molecule has 0 aliphatic rings. The second-order valence-electron chi connectivity index (χ2n) is 3.53. The van der Waals surface area contributed by atoms with E-state index in [0.717, 1.165) is 6.07 Å². The average molecular weight is 256 g/mol. The summed E-state index contributed by atoms with van der Waals surface area (Å²) in [6, 6.07) is 2.73. The first-order valence-electron chi connectivity index (χ1n) is 4.54. The van der Waals surface area contributed by atoms with Crippen LogP contribution in [-0.2, 0) is 6.42 Å². The summed E-state index contributed by atoms with van der Waals surface area (Å²) in [5.41, 5.74) is 5.81. The molecule has 16 heavy (non-hydrogen) atoms. The summed E-state index contributed by atoms with van der Waals surface area (Å²) in [6.07, 6.45) is -5.34. The monoisotopic (exact) mass is 255 g/mol. The van der Waals surface area contributed by atoms with Crippen LogP contribution in [0.25, 0.3) is 0 Å². The molecule has 1 aromatic rings. The molecule has 1 atom stereocenters. The van der Waals surface area contributed by atoms with Gasteiger partial charge in [-0.2, -0.15) is 13.2 Å². The van der Waals surface area contributed by atoms with Crippen LogP contribution in [0.1, 0.15) is 12.0 Å².